The van der Waals surface area contributed by atoms with Crippen LogP contribution >= 0.6 is 0 Å². The molecule has 7 rings (SSSR count). The lowest BCUT2D eigenvalue weighted by atomic mass is 9.95. The standard InChI is InChI=1S/C33H29N3O2/c1-20-15-16-34-29(17-20)36-27-10-6-5-9-26(27)31-21(2)18-24(19-28(31)36)38-30-14-12-23-11-13-25(22-7-3-4-8-22)33(37)32(23)35-30/h5-6,9-19,22,37H,3-4,7-8H2,1-2H3. The van der Waals surface area contributed by atoms with Crippen molar-refractivity contribution in [3.8, 4) is 23.2 Å². The number of aromatic hydroxyl groups is 1. The fourth-order valence-electron chi connectivity index (χ4n) is 6.14. The zero-order valence-electron chi connectivity index (χ0n) is 21.6. The Morgan fingerprint density at radius 2 is 1.71 bits per heavy atom. The Hall–Kier alpha value is -4.38. The van der Waals surface area contributed by atoms with Gasteiger partial charge in [0.05, 0.1) is 11.0 Å². The fraction of sp³-hybridized carbons (Fsp3) is 0.212. The molecule has 5 nitrogen and oxygen atoms in total. The first kappa shape index (κ1) is 22.8. The molecule has 38 heavy (non-hydrogen) atoms. The van der Waals surface area contributed by atoms with Crippen molar-refractivity contribution in [2.24, 2.45) is 0 Å². The highest BCUT2D eigenvalue weighted by Crippen LogP contribution is 2.42. The van der Waals surface area contributed by atoms with Gasteiger partial charge in [-0.25, -0.2) is 9.97 Å². The van der Waals surface area contributed by atoms with E-state index in [0.717, 1.165) is 51.8 Å². The average Bonchev–Trinajstić information content (AvgIpc) is 3.56. The van der Waals surface area contributed by atoms with E-state index in [-0.39, 0.29) is 5.75 Å². The van der Waals surface area contributed by atoms with Crippen LogP contribution in [0.15, 0.2) is 79.0 Å². The van der Waals surface area contributed by atoms with Crippen LogP contribution in [0.4, 0.5) is 0 Å². The van der Waals surface area contributed by atoms with E-state index in [2.05, 4.69) is 73.0 Å². The Bertz CT molecular complexity index is 1850. The molecule has 188 valence electrons. The molecule has 0 unspecified atom stereocenters. The van der Waals surface area contributed by atoms with Crippen molar-refractivity contribution in [2.75, 3.05) is 0 Å². The molecule has 1 fully saturated rings. The highest BCUT2D eigenvalue weighted by atomic mass is 16.5. The monoisotopic (exact) mass is 499 g/mol. The lowest BCUT2D eigenvalue weighted by Crippen LogP contribution is -1.98. The third-order valence-corrected chi connectivity index (χ3v) is 7.93. The Kier molecular flexibility index (Phi) is 5.32. The van der Waals surface area contributed by atoms with E-state index in [1.54, 1.807) is 0 Å². The van der Waals surface area contributed by atoms with Crippen LogP contribution in [0.1, 0.15) is 48.3 Å². The number of para-hydroxylation sites is 1. The molecule has 5 heteroatoms. The summed E-state index contributed by atoms with van der Waals surface area (Å²) in [5, 5.41) is 14.4. The molecule has 1 aliphatic carbocycles. The molecule has 0 saturated heterocycles. The summed E-state index contributed by atoms with van der Waals surface area (Å²) >= 11 is 0. The first-order chi connectivity index (χ1) is 18.6. The predicted octanol–water partition coefficient (Wildman–Crippen LogP) is 8.50. The number of nitrogens with zero attached hydrogens (tertiary/aromatic N) is 3. The fourth-order valence-corrected chi connectivity index (χ4v) is 6.14. The van der Waals surface area contributed by atoms with Gasteiger partial charge in [0.25, 0.3) is 0 Å². The molecule has 0 atom stereocenters. The second-order valence-corrected chi connectivity index (χ2v) is 10.5. The number of ether oxygens (including phenoxy) is 1. The van der Waals surface area contributed by atoms with Gasteiger partial charge in [-0.3, -0.25) is 4.57 Å². The van der Waals surface area contributed by atoms with Crippen molar-refractivity contribution < 1.29 is 9.84 Å². The summed E-state index contributed by atoms with van der Waals surface area (Å²) in [7, 11) is 0. The summed E-state index contributed by atoms with van der Waals surface area (Å²) in [4.78, 5) is 9.45. The van der Waals surface area contributed by atoms with Crippen LogP contribution in [0.2, 0.25) is 0 Å². The van der Waals surface area contributed by atoms with Gasteiger partial charge in [0.15, 0.2) is 0 Å². The maximum absolute atomic E-state index is 11.1. The largest absolute Gasteiger partial charge is 0.505 e. The minimum Gasteiger partial charge on any atom is -0.505 e. The number of rotatable bonds is 4. The van der Waals surface area contributed by atoms with Crippen LogP contribution in [-0.2, 0) is 0 Å². The van der Waals surface area contributed by atoms with Gasteiger partial charge in [0.1, 0.15) is 22.8 Å². The van der Waals surface area contributed by atoms with Crippen LogP contribution < -0.4 is 4.74 Å². The highest BCUT2D eigenvalue weighted by molar-refractivity contribution is 6.11. The minimum absolute atomic E-state index is 0.289. The Morgan fingerprint density at radius 1 is 0.895 bits per heavy atom. The number of fused-ring (bicyclic) bond motifs is 4. The lowest BCUT2D eigenvalue weighted by Gasteiger charge is -2.14. The van der Waals surface area contributed by atoms with Gasteiger partial charge in [-0.1, -0.05) is 43.2 Å². The molecule has 1 N–H and O–H groups in total. The third-order valence-electron chi connectivity index (χ3n) is 7.93. The normalized spacial score (nSPS) is 14.2. The van der Waals surface area contributed by atoms with E-state index >= 15 is 0 Å². The number of pyridine rings is 2. The second-order valence-electron chi connectivity index (χ2n) is 10.5. The van der Waals surface area contributed by atoms with Crippen LogP contribution in [0, 0.1) is 13.8 Å². The van der Waals surface area contributed by atoms with Crippen molar-refractivity contribution in [1.82, 2.24) is 14.5 Å². The number of hydrogen-bond donors (Lipinski definition) is 1. The van der Waals surface area contributed by atoms with Crippen molar-refractivity contribution in [2.45, 2.75) is 45.4 Å². The molecule has 0 spiro atoms. The molecule has 3 heterocycles. The zero-order valence-corrected chi connectivity index (χ0v) is 21.6. The molecule has 0 amide bonds. The van der Waals surface area contributed by atoms with Gasteiger partial charge in [-0.2, -0.15) is 0 Å². The average molecular weight is 500 g/mol. The summed E-state index contributed by atoms with van der Waals surface area (Å²) in [6, 6.07) is 24.6. The third kappa shape index (κ3) is 3.69. The quantitative estimate of drug-likeness (QED) is 0.264. The molecule has 0 aliphatic heterocycles. The highest BCUT2D eigenvalue weighted by Gasteiger charge is 2.22. The van der Waals surface area contributed by atoms with Crippen LogP contribution in [-0.4, -0.2) is 19.6 Å². The van der Waals surface area contributed by atoms with E-state index in [0.29, 0.717) is 23.1 Å². The number of aromatic nitrogens is 3. The van der Waals surface area contributed by atoms with E-state index in [1.807, 2.05) is 24.4 Å². The predicted molar refractivity (Wildman–Crippen MR) is 153 cm³/mol. The van der Waals surface area contributed by atoms with Crippen LogP contribution in [0.25, 0.3) is 38.5 Å². The van der Waals surface area contributed by atoms with Crippen molar-refractivity contribution >= 4 is 32.7 Å². The Labute approximate surface area is 221 Å². The maximum atomic E-state index is 11.1. The minimum atomic E-state index is 0.289. The molecule has 3 aromatic carbocycles. The molecule has 3 aromatic heterocycles. The smallest absolute Gasteiger partial charge is 0.219 e. The topological polar surface area (TPSA) is 60.2 Å². The van der Waals surface area contributed by atoms with Gasteiger partial charge in [-0.05, 0) is 79.6 Å². The van der Waals surface area contributed by atoms with Crippen molar-refractivity contribution in [3.05, 3.63) is 95.7 Å². The summed E-state index contributed by atoms with van der Waals surface area (Å²) in [5.74, 6) is 2.74. The molecule has 6 aromatic rings. The van der Waals surface area contributed by atoms with Gasteiger partial charge in [0, 0.05) is 34.5 Å². The first-order valence-corrected chi connectivity index (χ1v) is 13.3. The molecule has 1 saturated carbocycles. The number of phenolic OH excluding ortho intramolecular Hbond substituents is 1. The van der Waals surface area contributed by atoms with E-state index in [9.17, 15) is 5.11 Å². The lowest BCUT2D eigenvalue weighted by molar-refractivity contribution is 0.455. The Balaban J connectivity index is 1.36. The summed E-state index contributed by atoms with van der Waals surface area (Å²) < 4.78 is 8.55. The molecule has 0 bridgehead atoms. The summed E-state index contributed by atoms with van der Waals surface area (Å²) in [6.07, 6.45) is 6.53. The summed E-state index contributed by atoms with van der Waals surface area (Å²) in [6.45, 7) is 4.20. The second kappa shape index (κ2) is 8.88. The number of hydrogen-bond acceptors (Lipinski definition) is 4. The van der Waals surface area contributed by atoms with Gasteiger partial charge < -0.3 is 9.84 Å². The number of benzene rings is 3. The molecular weight excluding hydrogens is 470 g/mol. The summed E-state index contributed by atoms with van der Waals surface area (Å²) in [5.41, 5.74) is 6.02. The van der Waals surface area contributed by atoms with Gasteiger partial charge >= 0.3 is 0 Å². The van der Waals surface area contributed by atoms with E-state index in [4.69, 9.17) is 14.7 Å². The SMILES string of the molecule is Cc1ccnc(-n2c3ccccc3c3c(C)cc(Oc4ccc5ccc(C6CCCC6)c(O)c5n4)cc32)c1. The molecular formula is C33H29N3O2. The molecule has 1 aliphatic rings. The van der Waals surface area contributed by atoms with Crippen LogP contribution in [0.3, 0.4) is 0 Å². The maximum Gasteiger partial charge on any atom is 0.219 e. The molecule has 0 radical (unpaired) electrons. The van der Waals surface area contributed by atoms with Crippen molar-refractivity contribution in [1.29, 1.82) is 0 Å². The zero-order chi connectivity index (χ0) is 25.8. The Morgan fingerprint density at radius 3 is 2.55 bits per heavy atom. The number of aryl methyl sites for hydroxylation is 2. The number of phenols is 1. The van der Waals surface area contributed by atoms with E-state index in [1.165, 1.54) is 23.6 Å². The van der Waals surface area contributed by atoms with Gasteiger partial charge in [0.2, 0.25) is 5.88 Å². The van der Waals surface area contributed by atoms with E-state index < -0.39 is 0 Å². The van der Waals surface area contributed by atoms with Gasteiger partial charge in [-0.15, -0.1) is 0 Å². The first-order valence-electron chi connectivity index (χ1n) is 13.3. The van der Waals surface area contributed by atoms with Crippen LogP contribution in [0.5, 0.6) is 17.4 Å². The van der Waals surface area contributed by atoms with Crippen molar-refractivity contribution in [3.63, 3.8) is 0 Å².